The van der Waals surface area contributed by atoms with E-state index in [1.54, 1.807) is 6.08 Å². The smallest absolute Gasteiger partial charge is 0.305 e. The number of amides is 1. The van der Waals surface area contributed by atoms with Gasteiger partial charge in [-0.15, -0.1) is 0 Å². The fourth-order valence-electron chi connectivity index (χ4n) is 11.9. The van der Waals surface area contributed by atoms with Crippen LogP contribution in [0.25, 0.3) is 0 Å². The van der Waals surface area contributed by atoms with Crippen LogP contribution in [0.5, 0.6) is 0 Å². The van der Waals surface area contributed by atoms with Crippen molar-refractivity contribution in [3.8, 4) is 0 Å². The highest BCUT2D eigenvalue weighted by atomic mass is 16.7. The van der Waals surface area contributed by atoms with Gasteiger partial charge in [0.2, 0.25) is 5.91 Å². The highest BCUT2D eigenvalue weighted by molar-refractivity contribution is 5.76. The van der Waals surface area contributed by atoms with E-state index in [1.807, 2.05) is 6.08 Å². The molecule has 0 aromatic carbocycles. The number of hydrogen-bond donors (Lipinski definition) is 6. The Morgan fingerprint density at radius 1 is 0.420 bits per heavy atom. The molecule has 7 atom stereocenters. The molecule has 0 saturated carbocycles. The van der Waals surface area contributed by atoms with Crippen molar-refractivity contribution in [2.24, 2.45) is 0 Å². The van der Waals surface area contributed by atoms with E-state index in [0.717, 1.165) is 64.2 Å². The molecule has 0 aliphatic carbocycles. The Balaban J connectivity index is 1.87. The third-order valence-corrected chi connectivity index (χ3v) is 17.9. The molecule has 1 saturated heterocycles. The van der Waals surface area contributed by atoms with Crippen molar-refractivity contribution in [3.63, 3.8) is 0 Å². The van der Waals surface area contributed by atoms with Crippen LogP contribution in [0.1, 0.15) is 367 Å². The molecule has 7 unspecified atom stereocenters. The average molecular weight is 1240 g/mol. The van der Waals surface area contributed by atoms with Crippen LogP contribution >= 0.6 is 0 Å². The van der Waals surface area contributed by atoms with Crippen LogP contribution in [0.15, 0.2) is 48.6 Å². The van der Waals surface area contributed by atoms with Gasteiger partial charge < -0.3 is 45.1 Å². The first kappa shape index (κ1) is 83.6. The second-order valence-corrected chi connectivity index (χ2v) is 26.3. The Morgan fingerprint density at radius 2 is 0.761 bits per heavy atom. The average Bonchev–Trinajstić information content (AvgIpc) is 3.40. The maximum atomic E-state index is 13.0. The Labute approximate surface area is 542 Å². The standard InChI is InChI=1S/C77H143NO10/c1-3-5-7-9-11-13-14-15-16-39-42-45-49-53-57-61-65-73(82)86-66-62-58-54-50-46-43-40-37-35-33-31-29-27-25-23-21-19-17-18-20-22-24-26-28-30-32-34-36-38-41-44-48-52-56-60-64-72(81)78-69(70(80)63-59-55-51-47-12-10-8-6-4-2)68-87-77-76(85)75(84)74(83)71(67-79)88-77/h13-14,16,19,21,39,59,63,69-71,74-77,79-80,83-85H,3-12,15,17-18,20,22-38,40-58,60-62,64-68H2,1-2H3,(H,78,81)/b14-13-,21-19-,39-16-,63-59+. The number of hydrogen-bond acceptors (Lipinski definition) is 10. The molecule has 516 valence electrons. The highest BCUT2D eigenvalue weighted by Crippen LogP contribution is 2.23. The summed E-state index contributed by atoms with van der Waals surface area (Å²) in [6, 6.07) is -0.806. The first-order valence-corrected chi connectivity index (χ1v) is 37.9. The van der Waals surface area contributed by atoms with Crippen LogP contribution < -0.4 is 5.32 Å². The monoisotopic (exact) mass is 1240 g/mol. The van der Waals surface area contributed by atoms with E-state index in [-0.39, 0.29) is 18.5 Å². The van der Waals surface area contributed by atoms with E-state index in [4.69, 9.17) is 14.2 Å². The molecule has 0 aromatic rings. The van der Waals surface area contributed by atoms with Crippen LogP contribution in [0.3, 0.4) is 0 Å². The lowest BCUT2D eigenvalue weighted by atomic mass is 9.99. The fraction of sp³-hybridized carbons (Fsp3) is 0.870. The summed E-state index contributed by atoms with van der Waals surface area (Å²) >= 11 is 0. The number of rotatable bonds is 67. The second kappa shape index (κ2) is 66.1. The van der Waals surface area contributed by atoms with Gasteiger partial charge in [0.25, 0.3) is 0 Å². The number of nitrogens with one attached hydrogen (secondary N) is 1. The minimum atomic E-state index is -1.57. The van der Waals surface area contributed by atoms with Gasteiger partial charge in [0.1, 0.15) is 24.4 Å². The van der Waals surface area contributed by atoms with Crippen molar-refractivity contribution < 1.29 is 49.3 Å². The summed E-state index contributed by atoms with van der Waals surface area (Å²) in [5, 5.41) is 54.3. The van der Waals surface area contributed by atoms with Crippen LogP contribution in [0, 0.1) is 0 Å². The molecular formula is C77H143NO10. The number of unbranched alkanes of at least 4 members (excludes halogenated alkanes) is 47. The first-order chi connectivity index (χ1) is 43.2. The van der Waals surface area contributed by atoms with Gasteiger partial charge in [-0.2, -0.15) is 0 Å². The molecule has 11 nitrogen and oxygen atoms in total. The largest absolute Gasteiger partial charge is 0.466 e. The minimum absolute atomic E-state index is 0.000148. The van der Waals surface area contributed by atoms with E-state index in [2.05, 4.69) is 55.6 Å². The summed E-state index contributed by atoms with van der Waals surface area (Å²) in [7, 11) is 0. The SMILES string of the molecule is CCCCCC/C=C\C/C=C\CCCCCCCC(=O)OCCCCCCCCCCCCCCCC/C=C\CCCCCCCCCCCCCCCCCCCC(=O)NC(COC1OC(CO)C(O)C(O)C1O)C(O)/C=C/CCCCCCCCC. The Hall–Kier alpha value is -2.38. The summed E-state index contributed by atoms with van der Waals surface area (Å²) in [5.74, 6) is -0.179. The van der Waals surface area contributed by atoms with Crippen molar-refractivity contribution in [3.05, 3.63) is 48.6 Å². The molecule has 11 heteroatoms. The normalized spacial score (nSPS) is 18.0. The van der Waals surface area contributed by atoms with Crippen molar-refractivity contribution in [1.82, 2.24) is 5.32 Å². The summed E-state index contributed by atoms with van der Waals surface area (Å²) in [4.78, 5) is 25.1. The number of carbonyl (C=O) groups excluding carboxylic acids is 2. The number of allylic oxidation sites excluding steroid dienone is 7. The molecule has 88 heavy (non-hydrogen) atoms. The number of esters is 1. The van der Waals surface area contributed by atoms with Crippen molar-refractivity contribution in [2.45, 2.75) is 410 Å². The van der Waals surface area contributed by atoms with Gasteiger partial charge >= 0.3 is 5.97 Å². The van der Waals surface area contributed by atoms with Gasteiger partial charge in [-0.05, 0) is 89.9 Å². The topological polar surface area (TPSA) is 175 Å². The zero-order valence-electron chi connectivity index (χ0n) is 57.4. The summed E-state index contributed by atoms with van der Waals surface area (Å²) in [5.41, 5.74) is 0. The maximum absolute atomic E-state index is 13.0. The highest BCUT2D eigenvalue weighted by Gasteiger charge is 2.44. The summed E-state index contributed by atoms with van der Waals surface area (Å²) in [6.45, 7) is 4.33. The van der Waals surface area contributed by atoms with Crippen LogP contribution in [-0.4, -0.2) is 100 Å². The van der Waals surface area contributed by atoms with E-state index in [1.165, 1.54) is 276 Å². The lowest BCUT2D eigenvalue weighted by Gasteiger charge is -2.40. The van der Waals surface area contributed by atoms with Crippen molar-refractivity contribution >= 4 is 11.9 Å². The Morgan fingerprint density at radius 3 is 1.17 bits per heavy atom. The molecule has 0 radical (unpaired) electrons. The molecule has 0 aromatic heterocycles. The molecule has 0 bridgehead atoms. The number of carbonyl (C=O) groups is 2. The Bertz CT molecular complexity index is 1600. The molecule has 1 aliphatic rings. The number of aliphatic hydroxyl groups excluding tert-OH is 5. The third-order valence-electron chi connectivity index (χ3n) is 17.9. The summed E-state index contributed by atoms with van der Waals surface area (Å²) < 4.78 is 16.7. The lowest BCUT2D eigenvalue weighted by Crippen LogP contribution is -2.60. The third kappa shape index (κ3) is 54.2. The van der Waals surface area contributed by atoms with Gasteiger partial charge in [-0.1, -0.05) is 313 Å². The van der Waals surface area contributed by atoms with Gasteiger partial charge in [-0.3, -0.25) is 9.59 Å². The van der Waals surface area contributed by atoms with E-state index in [0.29, 0.717) is 19.4 Å². The molecular weight excluding hydrogens is 1100 g/mol. The number of ether oxygens (including phenoxy) is 3. The first-order valence-electron chi connectivity index (χ1n) is 37.9. The fourth-order valence-corrected chi connectivity index (χ4v) is 11.9. The van der Waals surface area contributed by atoms with Crippen molar-refractivity contribution in [2.75, 3.05) is 19.8 Å². The number of aliphatic hydroxyl groups is 5. The van der Waals surface area contributed by atoms with E-state index < -0.39 is 49.5 Å². The Kier molecular flexibility index (Phi) is 62.8. The molecule has 1 fully saturated rings. The van der Waals surface area contributed by atoms with Crippen LogP contribution in [0.4, 0.5) is 0 Å². The second-order valence-electron chi connectivity index (χ2n) is 26.3. The van der Waals surface area contributed by atoms with Crippen LogP contribution in [-0.2, 0) is 23.8 Å². The quantitative estimate of drug-likeness (QED) is 0.0195. The maximum Gasteiger partial charge on any atom is 0.305 e. The van der Waals surface area contributed by atoms with E-state index in [9.17, 15) is 35.1 Å². The van der Waals surface area contributed by atoms with Gasteiger partial charge in [-0.25, -0.2) is 0 Å². The predicted molar refractivity (Wildman–Crippen MR) is 370 cm³/mol. The molecule has 1 aliphatic heterocycles. The minimum Gasteiger partial charge on any atom is -0.466 e. The molecule has 0 spiro atoms. The molecule has 1 amide bonds. The molecule has 1 rings (SSSR count). The van der Waals surface area contributed by atoms with Crippen LogP contribution in [0.2, 0.25) is 0 Å². The molecule has 1 heterocycles. The van der Waals surface area contributed by atoms with Gasteiger partial charge in [0.05, 0.1) is 32.0 Å². The van der Waals surface area contributed by atoms with Gasteiger partial charge in [0, 0.05) is 12.8 Å². The van der Waals surface area contributed by atoms with Crippen molar-refractivity contribution in [1.29, 1.82) is 0 Å². The zero-order chi connectivity index (χ0) is 63.7. The summed E-state index contributed by atoms with van der Waals surface area (Å²) in [6.07, 6.45) is 77.2. The molecule has 6 N–H and O–H groups in total. The zero-order valence-corrected chi connectivity index (χ0v) is 57.4. The lowest BCUT2D eigenvalue weighted by molar-refractivity contribution is -0.302. The predicted octanol–water partition coefficient (Wildman–Crippen LogP) is 19.9. The van der Waals surface area contributed by atoms with E-state index >= 15 is 0 Å². The van der Waals surface area contributed by atoms with Gasteiger partial charge in [0.15, 0.2) is 6.29 Å².